The number of piperidine rings is 1. The standard InChI is InChI=1S/C12H21N3O/c1-9-10(2)16-12(14-9)8-15-6-4-11(13-3)5-7-15/h11,13H,4-8H2,1-3H3. The molecule has 4 heteroatoms. The highest BCUT2D eigenvalue weighted by atomic mass is 16.4. The molecule has 2 rings (SSSR count). The molecule has 1 saturated heterocycles. The van der Waals surface area contributed by atoms with Crippen molar-refractivity contribution in [3.8, 4) is 0 Å². The summed E-state index contributed by atoms with van der Waals surface area (Å²) in [5.74, 6) is 1.80. The molecule has 0 aliphatic carbocycles. The predicted octanol–water partition coefficient (Wildman–Crippen LogP) is 1.48. The van der Waals surface area contributed by atoms with Crippen LogP contribution in [0.25, 0.3) is 0 Å². The van der Waals surface area contributed by atoms with Crippen LogP contribution in [0.3, 0.4) is 0 Å². The van der Waals surface area contributed by atoms with Gasteiger partial charge in [-0.25, -0.2) is 4.98 Å². The molecule has 1 aromatic rings. The summed E-state index contributed by atoms with van der Waals surface area (Å²) in [7, 11) is 2.04. The van der Waals surface area contributed by atoms with Gasteiger partial charge >= 0.3 is 0 Å². The molecule has 0 amide bonds. The molecule has 0 saturated carbocycles. The summed E-state index contributed by atoms with van der Waals surface area (Å²) in [5, 5.41) is 3.34. The van der Waals surface area contributed by atoms with Gasteiger partial charge in [-0.15, -0.1) is 0 Å². The first kappa shape index (κ1) is 11.6. The van der Waals surface area contributed by atoms with Gasteiger partial charge in [-0.05, 0) is 33.7 Å². The Balaban J connectivity index is 1.87. The van der Waals surface area contributed by atoms with Crippen LogP contribution in [0, 0.1) is 13.8 Å². The van der Waals surface area contributed by atoms with Gasteiger partial charge in [0.2, 0.25) is 5.89 Å². The van der Waals surface area contributed by atoms with E-state index in [9.17, 15) is 0 Å². The Hall–Kier alpha value is -0.870. The van der Waals surface area contributed by atoms with Crippen molar-refractivity contribution in [2.75, 3.05) is 20.1 Å². The number of nitrogens with zero attached hydrogens (tertiary/aromatic N) is 2. The van der Waals surface area contributed by atoms with E-state index in [-0.39, 0.29) is 0 Å². The van der Waals surface area contributed by atoms with E-state index in [2.05, 4.69) is 15.2 Å². The lowest BCUT2D eigenvalue weighted by Crippen LogP contribution is -2.40. The zero-order valence-corrected chi connectivity index (χ0v) is 10.4. The third-order valence-electron chi connectivity index (χ3n) is 3.43. The molecular weight excluding hydrogens is 202 g/mol. The number of rotatable bonds is 3. The van der Waals surface area contributed by atoms with Crippen molar-refractivity contribution >= 4 is 0 Å². The highest BCUT2D eigenvalue weighted by Gasteiger charge is 2.19. The number of hydrogen-bond acceptors (Lipinski definition) is 4. The Morgan fingerprint density at radius 2 is 2.06 bits per heavy atom. The van der Waals surface area contributed by atoms with Crippen molar-refractivity contribution in [2.24, 2.45) is 0 Å². The number of likely N-dealkylation sites (tertiary alicyclic amines) is 1. The maximum atomic E-state index is 5.60. The van der Waals surface area contributed by atoms with Crippen LogP contribution in [0.15, 0.2) is 4.42 Å². The Morgan fingerprint density at radius 1 is 1.38 bits per heavy atom. The van der Waals surface area contributed by atoms with Gasteiger partial charge in [0, 0.05) is 19.1 Å². The quantitative estimate of drug-likeness (QED) is 0.842. The molecule has 1 aromatic heterocycles. The molecule has 0 unspecified atom stereocenters. The number of oxazole rings is 1. The lowest BCUT2D eigenvalue weighted by molar-refractivity contribution is 0.178. The van der Waals surface area contributed by atoms with E-state index in [1.54, 1.807) is 0 Å². The Kier molecular flexibility index (Phi) is 3.61. The van der Waals surface area contributed by atoms with Crippen LogP contribution in [0.1, 0.15) is 30.2 Å². The first-order valence-electron chi connectivity index (χ1n) is 6.01. The molecule has 1 aliphatic rings. The van der Waals surface area contributed by atoms with Gasteiger partial charge in [0.15, 0.2) is 0 Å². The summed E-state index contributed by atoms with van der Waals surface area (Å²) in [6, 6.07) is 0.685. The van der Waals surface area contributed by atoms with Crippen molar-refractivity contribution in [1.82, 2.24) is 15.2 Å². The molecule has 0 radical (unpaired) electrons. The number of aryl methyl sites for hydroxylation is 2. The normalized spacial score (nSPS) is 19.2. The van der Waals surface area contributed by atoms with Gasteiger partial charge in [-0.1, -0.05) is 0 Å². The van der Waals surface area contributed by atoms with Gasteiger partial charge in [0.1, 0.15) is 5.76 Å². The minimum Gasteiger partial charge on any atom is -0.444 e. The Morgan fingerprint density at radius 3 is 2.56 bits per heavy atom. The fourth-order valence-corrected chi connectivity index (χ4v) is 2.18. The third-order valence-corrected chi connectivity index (χ3v) is 3.43. The van der Waals surface area contributed by atoms with Crippen molar-refractivity contribution < 1.29 is 4.42 Å². The van der Waals surface area contributed by atoms with Gasteiger partial charge < -0.3 is 9.73 Å². The molecule has 16 heavy (non-hydrogen) atoms. The van der Waals surface area contributed by atoms with Crippen LogP contribution in [-0.2, 0) is 6.54 Å². The molecule has 4 nitrogen and oxygen atoms in total. The Labute approximate surface area is 97.0 Å². The van der Waals surface area contributed by atoms with E-state index < -0.39 is 0 Å². The van der Waals surface area contributed by atoms with Crippen molar-refractivity contribution in [3.05, 3.63) is 17.3 Å². The zero-order valence-electron chi connectivity index (χ0n) is 10.4. The summed E-state index contributed by atoms with van der Waals surface area (Å²) in [6.45, 7) is 7.08. The summed E-state index contributed by atoms with van der Waals surface area (Å²) in [5.41, 5.74) is 1.01. The van der Waals surface area contributed by atoms with Crippen LogP contribution in [0.4, 0.5) is 0 Å². The Bertz CT molecular complexity index is 321. The molecule has 0 bridgehead atoms. The van der Waals surface area contributed by atoms with Gasteiger partial charge in [-0.3, -0.25) is 4.90 Å². The minimum atomic E-state index is 0.685. The molecule has 0 aromatic carbocycles. The summed E-state index contributed by atoms with van der Waals surface area (Å²) >= 11 is 0. The number of aromatic nitrogens is 1. The number of nitrogens with one attached hydrogen (secondary N) is 1. The SMILES string of the molecule is CNC1CCN(Cc2nc(C)c(C)o2)CC1. The van der Waals surface area contributed by atoms with E-state index in [0.29, 0.717) is 6.04 Å². The second kappa shape index (κ2) is 4.97. The minimum absolute atomic E-state index is 0.685. The lowest BCUT2D eigenvalue weighted by atomic mass is 10.1. The monoisotopic (exact) mass is 223 g/mol. The summed E-state index contributed by atoms with van der Waals surface area (Å²) in [4.78, 5) is 6.83. The van der Waals surface area contributed by atoms with Gasteiger partial charge in [0.05, 0.1) is 12.2 Å². The predicted molar refractivity (Wildman–Crippen MR) is 63.3 cm³/mol. The average molecular weight is 223 g/mol. The first-order chi connectivity index (χ1) is 7.69. The van der Waals surface area contributed by atoms with Gasteiger partial charge in [-0.2, -0.15) is 0 Å². The van der Waals surface area contributed by atoms with E-state index in [1.165, 1.54) is 12.8 Å². The smallest absolute Gasteiger partial charge is 0.208 e. The van der Waals surface area contributed by atoms with Crippen LogP contribution in [0.5, 0.6) is 0 Å². The molecule has 90 valence electrons. The maximum Gasteiger partial charge on any atom is 0.208 e. The molecule has 1 N–H and O–H groups in total. The van der Waals surface area contributed by atoms with Crippen LogP contribution in [0.2, 0.25) is 0 Å². The topological polar surface area (TPSA) is 41.3 Å². The summed E-state index contributed by atoms with van der Waals surface area (Å²) in [6.07, 6.45) is 2.43. The first-order valence-corrected chi connectivity index (χ1v) is 6.01. The van der Waals surface area contributed by atoms with E-state index in [1.807, 2.05) is 20.9 Å². The number of hydrogen-bond donors (Lipinski definition) is 1. The maximum absolute atomic E-state index is 5.60. The van der Waals surface area contributed by atoms with Crippen LogP contribution >= 0.6 is 0 Å². The van der Waals surface area contributed by atoms with Crippen molar-refractivity contribution in [1.29, 1.82) is 0 Å². The molecule has 1 aliphatic heterocycles. The van der Waals surface area contributed by atoms with Crippen LogP contribution in [-0.4, -0.2) is 36.1 Å². The molecule has 0 atom stereocenters. The zero-order chi connectivity index (χ0) is 11.5. The largest absolute Gasteiger partial charge is 0.444 e. The third kappa shape index (κ3) is 2.62. The average Bonchev–Trinajstić information content (AvgIpc) is 2.59. The lowest BCUT2D eigenvalue weighted by Gasteiger charge is -2.30. The second-order valence-corrected chi connectivity index (χ2v) is 4.59. The van der Waals surface area contributed by atoms with Crippen LogP contribution < -0.4 is 5.32 Å². The fourth-order valence-electron chi connectivity index (χ4n) is 2.18. The highest BCUT2D eigenvalue weighted by Crippen LogP contribution is 2.15. The molecule has 1 fully saturated rings. The van der Waals surface area contributed by atoms with E-state index in [4.69, 9.17) is 4.42 Å². The highest BCUT2D eigenvalue weighted by molar-refractivity contribution is 5.05. The summed E-state index contributed by atoms with van der Waals surface area (Å²) < 4.78 is 5.60. The van der Waals surface area contributed by atoms with E-state index in [0.717, 1.165) is 37.0 Å². The van der Waals surface area contributed by atoms with E-state index >= 15 is 0 Å². The van der Waals surface area contributed by atoms with Gasteiger partial charge in [0.25, 0.3) is 0 Å². The molecule has 0 spiro atoms. The fraction of sp³-hybridized carbons (Fsp3) is 0.750. The molecule has 2 heterocycles. The van der Waals surface area contributed by atoms with Crippen molar-refractivity contribution in [3.63, 3.8) is 0 Å². The molecular formula is C12H21N3O. The van der Waals surface area contributed by atoms with Crippen molar-refractivity contribution in [2.45, 2.75) is 39.3 Å². The second-order valence-electron chi connectivity index (χ2n) is 4.59.